The number of nitrogens with zero attached hydrogens (tertiary/aromatic N) is 1. The number of nitrogens with one attached hydrogen (secondary N) is 2. The number of anilines is 1. The summed E-state index contributed by atoms with van der Waals surface area (Å²) < 4.78 is 5.02. The van der Waals surface area contributed by atoms with E-state index < -0.39 is 36.2 Å². The second-order valence-corrected chi connectivity index (χ2v) is 10.6. The molecule has 2 saturated carbocycles. The van der Waals surface area contributed by atoms with Crippen LogP contribution in [0.1, 0.15) is 27.1 Å². The van der Waals surface area contributed by atoms with Crippen LogP contribution >= 0.6 is 34.8 Å². The van der Waals surface area contributed by atoms with Gasteiger partial charge in [0, 0.05) is 10.6 Å². The number of amides is 4. The normalized spacial score (nSPS) is 27.7. The van der Waals surface area contributed by atoms with Crippen LogP contribution in [0, 0.1) is 23.7 Å². The van der Waals surface area contributed by atoms with Gasteiger partial charge in [-0.3, -0.25) is 34.9 Å². The Morgan fingerprint density at radius 3 is 2.14 bits per heavy atom. The van der Waals surface area contributed by atoms with Crippen LogP contribution in [0.2, 0.25) is 5.02 Å². The van der Waals surface area contributed by atoms with Gasteiger partial charge in [-0.25, -0.2) is 4.79 Å². The first kappa shape index (κ1) is 25.5. The SMILES string of the molecule is O=C(COC(=O)c1cccc(N2C(=O)[C@@H]3[C@H]4C[C@@H]([C@H](Cl)[C@@H]4Cl)[C@@H]3C2=O)c1)NNC(=O)c1ccc(Cl)cc1. The standard InChI is InChI=1S/C25H20Cl3N3O6/c26-13-6-4-11(5-7-13)22(33)30-29-17(32)10-37-25(36)12-2-1-3-14(8-12)31-23(34)18-15-9-16(19(18)24(31)35)21(28)20(15)27/h1-8,15-16,18-21H,9-10H2,(H,29,32)(H,30,33)/t15-,16-,18-,19+,20-,21+/m1/s1. The summed E-state index contributed by atoms with van der Waals surface area (Å²) in [5.74, 6) is -4.25. The van der Waals surface area contributed by atoms with Gasteiger partial charge in [-0.2, -0.15) is 0 Å². The smallest absolute Gasteiger partial charge is 0.338 e. The molecule has 37 heavy (non-hydrogen) atoms. The molecule has 0 radical (unpaired) electrons. The van der Waals surface area contributed by atoms with Crippen molar-refractivity contribution in [2.45, 2.75) is 17.2 Å². The summed E-state index contributed by atoms with van der Waals surface area (Å²) in [4.78, 5) is 64.0. The van der Waals surface area contributed by atoms with E-state index in [4.69, 9.17) is 39.5 Å². The summed E-state index contributed by atoms with van der Waals surface area (Å²) >= 11 is 18.6. The van der Waals surface area contributed by atoms with Gasteiger partial charge >= 0.3 is 5.97 Å². The minimum absolute atomic E-state index is 0.0431. The van der Waals surface area contributed by atoms with Gasteiger partial charge in [-0.1, -0.05) is 17.7 Å². The molecule has 5 rings (SSSR count). The average Bonchev–Trinajstić information content (AvgIpc) is 3.51. The summed E-state index contributed by atoms with van der Waals surface area (Å²) in [6.07, 6.45) is 0.650. The predicted octanol–water partition coefficient (Wildman–Crippen LogP) is 2.93. The fourth-order valence-electron chi connectivity index (χ4n) is 5.43. The van der Waals surface area contributed by atoms with Crippen molar-refractivity contribution >= 4 is 70.1 Å². The topological polar surface area (TPSA) is 122 Å². The van der Waals surface area contributed by atoms with E-state index in [0.29, 0.717) is 11.4 Å². The Hall–Kier alpha value is -3.14. The molecular formula is C25H20Cl3N3O6. The minimum Gasteiger partial charge on any atom is -0.452 e. The number of alkyl halides is 2. The number of benzene rings is 2. The third kappa shape index (κ3) is 4.56. The van der Waals surface area contributed by atoms with E-state index in [1.165, 1.54) is 42.5 Å². The maximum absolute atomic E-state index is 13.2. The molecule has 2 N–H and O–H groups in total. The van der Waals surface area contributed by atoms with E-state index in [1.54, 1.807) is 6.07 Å². The van der Waals surface area contributed by atoms with E-state index in [2.05, 4.69) is 10.9 Å². The molecule has 6 atom stereocenters. The lowest BCUT2D eigenvalue weighted by Crippen LogP contribution is -2.43. The molecule has 4 amide bonds. The van der Waals surface area contributed by atoms with Crippen molar-refractivity contribution in [2.75, 3.05) is 11.5 Å². The Morgan fingerprint density at radius 1 is 0.892 bits per heavy atom. The fraction of sp³-hybridized carbons (Fsp3) is 0.320. The lowest BCUT2D eigenvalue weighted by Gasteiger charge is -2.28. The molecule has 9 nitrogen and oxygen atoms in total. The second kappa shape index (κ2) is 9.96. The molecule has 2 aromatic carbocycles. The monoisotopic (exact) mass is 563 g/mol. The molecule has 1 heterocycles. The number of carbonyl (C=O) groups excluding carboxylic acids is 5. The van der Waals surface area contributed by atoms with Crippen molar-refractivity contribution in [2.24, 2.45) is 23.7 Å². The molecule has 0 aromatic heterocycles. The molecular weight excluding hydrogens is 545 g/mol. The Balaban J connectivity index is 1.19. The molecule has 1 aliphatic heterocycles. The largest absolute Gasteiger partial charge is 0.452 e. The summed E-state index contributed by atoms with van der Waals surface area (Å²) in [5.41, 5.74) is 4.89. The molecule has 3 aliphatic rings. The highest BCUT2D eigenvalue weighted by atomic mass is 35.5. The van der Waals surface area contributed by atoms with E-state index in [0.717, 1.165) is 4.90 Å². The van der Waals surface area contributed by atoms with Crippen LogP contribution in [0.5, 0.6) is 0 Å². The first-order valence-corrected chi connectivity index (χ1v) is 12.7. The van der Waals surface area contributed by atoms with Gasteiger partial charge in [0.05, 0.1) is 33.8 Å². The van der Waals surface area contributed by atoms with Crippen LogP contribution in [0.3, 0.4) is 0 Å². The molecule has 1 saturated heterocycles. The number of halogens is 3. The number of carbonyl (C=O) groups is 5. The van der Waals surface area contributed by atoms with Gasteiger partial charge in [-0.05, 0) is 60.7 Å². The van der Waals surface area contributed by atoms with Gasteiger partial charge in [0.2, 0.25) is 11.8 Å². The molecule has 2 aromatic rings. The highest BCUT2D eigenvalue weighted by Crippen LogP contribution is 2.59. The number of fused-ring (bicyclic) bond motifs is 5. The van der Waals surface area contributed by atoms with E-state index in [1.807, 2.05) is 0 Å². The highest BCUT2D eigenvalue weighted by molar-refractivity contribution is 6.32. The maximum atomic E-state index is 13.2. The molecule has 2 bridgehead atoms. The third-order valence-corrected chi connectivity index (χ3v) is 8.65. The Labute approximate surface area is 226 Å². The highest BCUT2D eigenvalue weighted by Gasteiger charge is 2.66. The summed E-state index contributed by atoms with van der Waals surface area (Å²) in [5, 5.41) is -0.279. The zero-order valence-electron chi connectivity index (χ0n) is 19.0. The zero-order chi connectivity index (χ0) is 26.4. The summed E-state index contributed by atoms with van der Waals surface area (Å²) in [6.45, 7) is -0.673. The van der Waals surface area contributed by atoms with Crippen molar-refractivity contribution in [3.63, 3.8) is 0 Å². The molecule has 0 unspecified atom stereocenters. The van der Waals surface area contributed by atoms with Crippen LogP contribution in [0.25, 0.3) is 0 Å². The zero-order valence-corrected chi connectivity index (χ0v) is 21.3. The minimum atomic E-state index is -0.845. The Bertz CT molecular complexity index is 1270. The van der Waals surface area contributed by atoms with Crippen LogP contribution in [-0.4, -0.2) is 47.0 Å². The van der Waals surface area contributed by atoms with Crippen molar-refractivity contribution in [1.82, 2.24) is 10.9 Å². The first-order chi connectivity index (χ1) is 17.7. The number of hydrogen-bond acceptors (Lipinski definition) is 6. The van der Waals surface area contributed by atoms with Gasteiger partial charge in [0.25, 0.3) is 11.8 Å². The van der Waals surface area contributed by atoms with Crippen LogP contribution in [-0.2, 0) is 19.1 Å². The predicted molar refractivity (Wildman–Crippen MR) is 134 cm³/mol. The average molecular weight is 565 g/mol. The van der Waals surface area contributed by atoms with E-state index in [-0.39, 0.29) is 51.2 Å². The number of imide groups is 1. The van der Waals surface area contributed by atoms with E-state index >= 15 is 0 Å². The quantitative estimate of drug-likeness (QED) is 0.249. The van der Waals surface area contributed by atoms with Gasteiger partial charge in [-0.15, -0.1) is 23.2 Å². The van der Waals surface area contributed by atoms with Crippen LogP contribution < -0.4 is 15.8 Å². The first-order valence-electron chi connectivity index (χ1n) is 11.4. The molecule has 3 fully saturated rings. The summed E-state index contributed by atoms with van der Waals surface area (Å²) in [6, 6.07) is 11.9. The lowest BCUT2D eigenvalue weighted by molar-refractivity contribution is -0.125. The number of rotatable bonds is 5. The van der Waals surface area contributed by atoms with Crippen LogP contribution in [0.4, 0.5) is 5.69 Å². The van der Waals surface area contributed by atoms with Crippen molar-refractivity contribution in [3.05, 3.63) is 64.7 Å². The summed E-state index contributed by atoms with van der Waals surface area (Å²) in [7, 11) is 0. The Kier molecular flexibility index (Phi) is 6.87. The van der Waals surface area contributed by atoms with Crippen molar-refractivity contribution in [1.29, 1.82) is 0 Å². The van der Waals surface area contributed by atoms with Crippen molar-refractivity contribution in [3.8, 4) is 0 Å². The second-order valence-electron chi connectivity index (χ2n) is 9.15. The molecule has 0 spiro atoms. The van der Waals surface area contributed by atoms with Crippen LogP contribution in [0.15, 0.2) is 48.5 Å². The fourth-order valence-corrected chi connectivity index (χ4v) is 6.44. The number of hydrogen-bond donors (Lipinski definition) is 2. The number of esters is 1. The van der Waals surface area contributed by atoms with E-state index in [9.17, 15) is 24.0 Å². The molecule has 192 valence electrons. The lowest BCUT2D eigenvalue weighted by atomic mass is 9.80. The van der Waals surface area contributed by atoms with Gasteiger partial charge in [0.1, 0.15) is 0 Å². The van der Waals surface area contributed by atoms with Gasteiger partial charge in [0.15, 0.2) is 6.61 Å². The molecule has 12 heteroatoms. The maximum Gasteiger partial charge on any atom is 0.338 e. The third-order valence-electron chi connectivity index (χ3n) is 7.08. The Morgan fingerprint density at radius 2 is 1.51 bits per heavy atom. The molecule has 2 aliphatic carbocycles. The number of hydrazine groups is 1. The van der Waals surface area contributed by atoms with Crippen molar-refractivity contribution < 1.29 is 28.7 Å². The number of ether oxygens (including phenoxy) is 1. The van der Waals surface area contributed by atoms with Gasteiger partial charge < -0.3 is 4.74 Å².